The van der Waals surface area contributed by atoms with Gasteiger partial charge in [-0.15, -0.1) is 0 Å². The Morgan fingerprint density at radius 1 is 1.32 bits per heavy atom. The van der Waals surface area contributed by atoms with E-state index in [2.05, 4.69) is 46.7 Å². The van der Waals surface area contributed by atoms with Gasteiger partial charge in [0.1, 0.15) is 5.52 Å². The Hall–Kier alpha value is -0.720. The summed E-state index contributed by atoms with van der Waals surface area (Å²) < 4.78 is 6.11. The van der Waals surface area contributed by atoms with E-state index in [0.717, 1.165) is 39.6 Å². The highest BCUT2D eigenvalue weighted by Gasteiger charge is 2.11. The quantitative estimate of drug-likeness (QED) is 0.712. The van der Waals surface area contributed by atoms with Crippen molar-refractivity contribution in [2.24, 2.45) is 0 Å². The molecule has 0 spiro atoms. The van der Waals surface area contributed by atoms with Gasteiger partial charge in [-0.3, -0.25) is 9.97 Å². The molecule has 6 heteroatoms. The molecule has 2 rings (SSSR count). The maximum absolute atomic E-state index is 5.17. The van der Waals surface area contributed by atoms with Crippen molar-refractivity contribution in [2.45, 2.75) is 0 Å². The SMILES string of the molecule is COCCN(CCBr)c1ccnc2cc(Br)cnc12. The maximum atomic E-state index is 5.17. The summed E-state index contributed by atoms with van der Waals surface area (Å²) in [6, 6.07) is 3.98. The lowest BCUT2D eigenvalue weighted by Gasteiger charge is -2.24. The van der Waals surface area contributed by atoms with E-state index in [9.17, 15) is 0 Å². The molecule has 0 aliphatic rings. The second-order valence-electron chi connectivity index (χ2n) is 4.02. The highest BCUT2D eigenvalue weighted by Crippen LogP contribution is 2.25. The first-order valence-corrected chi connectivity index (χ1v) is 7.88. The summed E-state index contributed by atoms with van der Waals surface area (Å²) in [6.45, 7) is 2.42. The minimum atomic E-state index is 0.688. The van der Waals surface area contributed by atoms with E-state index in [1.165, 1.54) is 0 Å². The monoisotopic (exact) mass is 387 g/mol. The second kappa shape index (κ2) is 7.17. The Bertz CT molecular complexity index is 550. The van der Waals surface area contributed by atoms with Gasteiger partial charge in [0.05, 0.1) is 17.8 Å². The molecule has 0 aliphatic carbocycles. The number of pyridine rings is 2. The van der Waals surface area contributed by atoms with E-state index in [1.54, 1.807) is 13.3 Å². The molecule has 0 amide bonds. The second-order valence-corrected chi connectivity index (χ2v) is 5.73. The van der Waals surface area contributed by atoms with Crippen molar-refractivity contribution in [1.82, 2.24) is 9.97 Å². The minimum absolute atomic E-state index is 0.688. The number of nitrogens with zero attached hydrogens (tertiary/aromatic N) is 3. The minimum Gasteiger partial charge on any atom is -0.383 e. The molecule has 0 aliphatic heterocycles. The molecule has 0 atom stereocenters. The van der Waals surface area contributed by atoms with Crippen molar-refractivity contribution >= 4 is 48.6 Å². The Labute approximate surface area is 129 Å². The summed E-state index contributed by atoms with van der Waals surface area (Å²) in [5.74, 6) is 0. The smallest absolute Gasteiger partial charge is 0.112 e. The molecule has 4 nitrogen and oxygen atoms in total. The zero-order valence-corrected chi connectivity index (χ0v) is 13.8. The van der Waals surface area contributed by atoms with Crippen LogP contribution >= 0.6 is 31.9 Å². The number of rotatable bonds is 6. The van der Waals surface area contributed by atoms with Crippen LogP contribution in [0.2, 0.25) is 0 Å². The van der Waals surface area contributed by atoms with Crippen molar-refractivity contribution in [3.63, 3.8) is 0 Å². The summed E-state index contributed by atoms with van der Waals surface area (Å²) in [7, 11) is 1.71. The van der Waals surface area contributed by atoms with Gasteiger partial charge >= 0.3 is 0 Å². The number of hydrogen-bond donors (Lipinski definition) is 0. The standard InChI is InChI=1S/C13H15Br2N3O/c1-19-7-6-18(5-3-14)12-2-4-16-11-8-10(15)9-17-13(11)12/h2,4,8-9H,3,5-7H2,1H3. The number of ether oxygens (including phenoxy) is 1. The third-order valence-electron chi connectivity index (χ3n) is 2.78. The number of aromatic nitrogens is 2. The first-order valence-electron chi connectivity index (χ1n) is 5.96. The summed E-state index contributed by atoms with van der Waals surface area (Å²) in [6.07, 6.45) is 3.62. The number of fused-ring (bicyclic) bond motifs is 1. The van der Waals surface area contributed by atoms with E-state index in [-0.39, 0.29) is 0 Å². The number of methoxy groups -OCH3 is 1. The fraction of sp³-hybridized carbons (Fsp3) is 0.385. The molecule has 102 valence electrons. The van der Waals surface area contributed by atoms with Crippen LogP contribution in [0.1, 0.15) is 0 Å². The zero-order valence-electron chi connectivity index (χ0n) is 10.6. The van der Waals surface area contributed by atoms with Gasteiger partial charge in [-0.1, -0.05) is 15.9 Å². The Balaban J connectivity index is 2.40. The van der Waals surface area contributed by atoms with Gasteiger partial charge in [0.15, 0.2) is 0 Å². The third kappa shape index (κ3) is 3.64. The van der Waals surface area contributed by atoms with Gasteiger partial charge in [-0.2, -0.15) is 0 Å². The van der Waals surface area contributed by atoms with Crippen LogP contribution in [0.15, 0.2) is 29.0 Å². The zero-order chi connectivity index (χ0) is 13.7. The fourth-order valence-electron chi connectivity index (χ4n) is 1.90. The first kappa shape index (κ1) is 14.7. The van der Waals surface area contributed by atoms with Gasteiger partial charge in [0.2, 0.25) is 0 Å². The molecule has 2 aromatic rings. The van der Waals surface area contributed by atoms with Gasteiger partial charge in [0.25, 0.3) is 0 Å². The predicted molar refractivity (Wildman–Crippen MR) is 85.1 cm³/mol. The Morgan fingerprint density at radius 2 is 2.16 bits per heavy atom. The lowest BCUT2D eigenvalue weighted by Crippen LogP contribution is -2.29. The van der Waals surface area contributed by atoms with Crippen LogP contribution in [0.4, 0.5) is 5.69 Å². The number of hydrogen-bond acceptors (Lipinski definition) is 4. The molecule has 0 fully saturated rings. The number of anilines is 1. The van der Waals surface area contributed by atoms with E-state index < -0.39 is 0 Å². The van der Waals surface area contributed by atoms with Crippen LogP contribution in [0, 0.1) is 0 Å². The Morgan fingerprint density at radius 3 is 2.89 bits per heavy atom. The fourth-order valence-corrected chi connectivity index (χ4v) is 2.65. The largest absolute Gasteiger partial charge is 0.383 e. The molecular formula is C13H15Br2N3O. The van der Waals surface area contributed by atoms with Crippen molar-refractivity contribution in [2.75, 3.05) is 37.0 Å². The molecule has 0 aromatic carbocycles. The maximum Gasteiger partial charge on any atom is 0.112 e. The molecular weight excluding hydrogens is 374 g/mol. The van der Waals surface area contributed by atoms with E-state index in [0.29, 0.717) is 6.61 Å². The molecule has 19 heavy (non-hydrogen) atoms. The van der Waals surface area contributed by atoms with E-state index in [1.807, 2.05) is 18.3 Å². The lowest BCUT2D eigenvalue weighted by molar-refractivity contribution is 0.205. The molecule has 0 radical (unpaired) electrons. The molecule has 0 saturated carbocycles. The predicted octanol–water partition coefficient (Wildman–Crippen LogP) is 3.24. The topological polar surface area (TPSA) is 38.2 Å². The van der Waals surface area contributed by atoms with Crippen LogP contribution in [0.3, 0.4) is 0 Å². The molecule has 0 unspecified atom stereocenters. The van der Waals surface area contributed by atoms with Crippen LogP contribution < -0.4 is 4.90 Å². The van der Waals surface area contributed by atoms with E-state index in [4.69, 9.17) is 4.74 Å². The average Bonchev–Trinajstić information content (AvgIpc) is 2.42. The van der Waals surface area contributed by atoms with Gasteiger partial charge in [-0.05, 0) is 28.1 Å². The summed E-state index contributed by atoms with van der Waals surface area (Å²) in [5, 5.41) is 0.900. The highest BCUT2D eigenvalue weighted by atomic mass is 79.9. The first-order chi connectivity index (χ1) is 9.26. The molecule has 0 bridgehead atoms. The van der Waals surface area contributed by atoms with Crippen LogP contribution in [-0.4, -0.2) is 42.1 Å². The van der Waals surface area contributed by atoms with Crippen LogP contribution in [0.5, 0.6) is 0 Å². The van der Waals surface area contributed by atoms with Gasteiger partial charge < -0.3 is 9.64 Å². The van der Waals surface area contributed by atoms with Gasteiger partial charge in [-0.25, -0.2) is 0 Å². The van der Waals surface area contributed by atoms with Crippen molar-refractivity contribution in [1.29, 1.82) is 0 Å². The molecule has 0 N–H and O–H groups in total. The molecule has 2 heterocycles. The molecule has 2 aromatic heterocycles. The van der Waals surface area contributed by atoms with E-state index >= 15 is 0 Å². The molecule has 0 saturated heterocycles. The summed E-state index contributed by atoms with van der Waals surface area (Å²) in [4.78, 5) is 11.1. The third-order valence-corrected chi connectivity index (χ3v) is 3.57. The highest BCUT2D eigenvalue weighted by molar-refractivity contribution is 9.10. The Kier molecular flexibility index (Phi) is 5.54. The average molecular weight is 389 g/mol. The van der Waals surface area contributed by atoms with Crippen molar-refractivity contribution < 1.29 is 4.74 Å². The van der Waals surface area contributed by atoms with Crippen LogP contribution in [-0.2, 0) is 4.74 Å². The summed E-state index contributed by atoms with van der Waals surface area (Å²) in [5.41, 5.74) is 2.90. The van der Waals surface area contributed by atoms with Gasteiger partial charge in [0, 0.05) is 42.4 Å². The van der Waals surface area contributed by atoms with Crippen molar-refractivity contribution in [3.8, 4) is 0 Å². The summed E-state index contributed by atoms with van der Waals surface area (Å²) >= 11 is 6.91. The lowest BCUT2D eigenvalue weighted by atomic mass is 10.2. The van der Waals surface area contributed by atoms with Crippen molar-refractivity contribution in [3.05, 3.63) is 29.0 Å². The van der Waals surface area contributed by atoms with Crippen LogP contribution in [0.25, 0.3) is 11.0 Å². The number of halogens is 2. The normalized spacial score (nSPS) is 10.9. The number of alkyl halides is 1.